The molecule has 5 rings (SSSR count). The number of fused-ring (bicyclic) bond motifs is 2. The number of carbonyl (C=O) groups excluding carboxylic acids is 3. The first-order chi connectivity index (χ1) is 16.5. The molecule has 1 N–H and O–H groups in total. The fraction of sp³-hybridized carbons (Fsp3) is 0.259. The van der Waals surface area contributed by atoms with Crippen molar-refractivity contribution >= 4 is 40.5 Å². The number of imide groups is 1. The zero-order valence-corrected chi connectivity index (χ0v) is 18.9. The molecule has 34 heavy (non-hydrogen) atoms. The number of hydrogen-bond donors (Lipinski definition) is 1. The number of nitrogens with one attached hydrogen (secondary N) is 1. The van der Waals surface area contributed by atoms with Gasteiger partial charge in [-0.2, -0.15) is 0 Å². The topological polar surface area (TPSA) is 88.6 Å². The molecule has 0 bridgehead atoms. The first-order valence-electron chi connectivity index (χ1n) is 11.5. The number of ether oxygens (including phenoxy) is 1. The fourth-order valence-electron chi connectivity index (χ4n) is 4.63. The van der Waals surface area contributed by atoms with Crippen LogP contribution in [0.3, 0.4) is 0 Å². The highest BCUT2D eigenvalue weighted by atomic mass is 16.5. The Morgan fingerprint density at radius 3 is 2.62 bits per heavy atom. The second kappa shape index (κ2) is 9.09. The number of allylic oxidation sites excluding steroid dienone is 1. The number of rotatable bonds is 4. The summed E-state index contributed by atoms with van der Waals surface area (Å²) in [5.74, 6) is -1.10. The number of esters is 1. The van der Waals surface area contributed by atoms with Gasteiger partial charge in [-0.05, 0) is 55.0 Å². The van der Waals surface area contributed by atoms with E-state index in [2.05, 4.69) is 11.4 Å². The average molecular weight is 456 g/mol. The molecule has 1 aliphatic carbocycles. The summed E-state index contributed by atoms with van der Waals surface area (Å²) in [5.41, 5.74) is 4.95. The Morgan fingerprint density at radius 1 is 1.09 bits per heavy atom. The van der Waals surface area contributed by atoms with Gasteiger partial charge in [-0.1, -0.05) is 48.5 Å². The van der Waals surface area contributed by atoms with Crippen LogP contribution in [0.5, 0.6) is 0 Å². The van der Waals surface area contributed by atoms with Crippen LogP contribution >= 0.6 is 0 Å². The number of hydrogen-bond acceptors (Lipinski definition) is 5. The molecule has 1 aliphatic heterocycles. The third-order valence-electron chi connectivity index (χ3n) is 6.27. The van der Waals surface area contributed by atoms with Gasteiger partial charge >= 0.3 is 12.0 Å². The zero-order chi connectivity index (χ0) is 23.7. The Balaban J connectivity index is 1.54. The van der Waals surface area contributed by atoms with Crippen molar-refractivity contribution in [3.63, 3.8) is 0 Å². The largest absolute Gasteiger partial charge is 0.449 e. The minimum absolute atomic E-state index is 0.265. The third kappa shape index (κ3) is 4.05. The molecular weight excluding hydrogens is 430 g/mol. The van der Waals surface area contributed by atoms with Gasteiger partial charge in [0, 0.05) is 18.5 Å². The Hall–Kier alpha value is -4.00. The van der Waals surface area contributed by atoms with Crippen molar-refractivity contribution in [3.8, 4) is 0 Å². The highest BCUT2D eigenvalue weighted by Crippen LogP contribution is 2.36. The van der Waals surface area contributed by atoms with E-state index < -0.39 is 24.0 Å². The van der Waals surface area contributed by atoms with Gasteiger partial charge in [-0.15, -0.1) is 0 Å². The van der Waals surface area contributed by atoms with Crippen molar-refractivity contribution in [3.05, 3.63) is 77.0 Å². The second-order valence-corrected chi connectivity index (χ2v) is 8.53. The highest BCUT2D eigenvalue weighted by molar-refractivity contribution is 6.08. The molecule has 1 saturated heterocycles. The normalized spacial score (nSPS) is 17.4. The lowest BCUT2D eigenvalue weighted by molar-refractivity contribution is -0.136. The minimum Gasteiger partial charge on any atom is -0.449 e. The molecule has 7 heteroatoms. The zero-order valence-electron chi connectivity index (χ0n) is 18.9. The van der Waals surface area contributed by atoms with E-state index in [0.717, 1.165) is 40.1 Å². The molecule has 2 heterocycles. The van der Waals surface area contributed by atoms with Crippen molar-refractivity contribution in [1.82, 2.24) is 15.2 Å². The fourth-order valence-corrected chi connectivity index (χ4v) is 4.63. The molecule has 0 spiro atoms. The minimum atomic E-state index is -1.08. The molecule has 1 fully saturated rings. The van der Waals surface area contributed by atoms with Crippen LogP contribution < -0.4 is 5.32 Å². The predicted molar refractivity (Wildman–Crippen MR) is 129 cm³/mol. The van der Waals surface area contributed by atoms with Gasteiger partial charge < -0.3 is 10.1 Å². The van der Waals surface area contributed by atoms with Gasteiger partial charge in [0.15, 0.2) is 6.10 Å². The van der Waals surface area contributed by atoms with Gasteiger partial charge in [-0.3, -0.25) is 9.69 Å². The molecule has 7 nitrogen and oxygen atoms in total. The highest BCUT2D eigenvalue weighted by Gasteiger charge is 2.33. The second-order valence-electron chi connectivity index (χ2n) is 8.53. The molecule has 1 aromatic heterocycles. The summed E-state index contributed by atoms with van der Waals surface area (Å²) in [6, 6.07) is 17.1. The van der Waals surface area contributed by atoms with Crippen LogP contribution in [0.4, 0.5) is 4.79 Å². The van der Waals surface area contributed by atoms with Crippen LogP contribution in [0.25, 0.3) is 22.6 Å². The number of urea groups is 1. The Morgan fingerprint density at radius 2 is 1.85 bits per heavy atom. The first kappa shape index (κ1) is 21.8. The van der Waals surface area contributed by atoms with E-state index in [4.69, 9.17) is 9.72 Å². The lowest BCUT2D eigenvalue weighted by Crippen LogP contribution is -2.42. The monoisotopic (exact) mass is 455 g/mol. The molecule has 3 amide bonds. The van der Waals surface area contributed by atoms with Crippen LogP contribution in [0, 0.1) is 0 Å². The summed E-state index contributed by atoms with van der Waals surface area (Å²) in [5, 5.41) is 3.29. The van der Waals surface area contributed by atoms with Crippen LogP contribution in [0.1, 0.15) is 46.9 Å². The van der Waals surface area contributed by atoms with Crippen LogP contribution in [-0.4, -0.2) is 47.0 Å². The number of amides is 3. The summed E-state index contributed by atoms with van der Waals surface area (Å²) in [6.45, 7) is 2.16. The maximum Gasteiger partial charge on any atom is 0.339 e. The molecule has 1 atom stereocenters. The molecule has 2 aliphatic rings. The number of pyridine rings is 1. The Labute approximate surface area is 197 Å². The molecular formula is C27H25N3O4. The van der Waals surface area contributed by atoms with Crippen molar-refractivity contribution in [2.75, 3.05) is 13.1 Å². The van der Waals surface area contributed by atoms with E-state index in [-0.39, 0.29) is 6.54 Å². The van der Waals surface area contributed by atoms with E-state index in [1.54, 1.807) is 0 Å². The number of para-hydroxylation sites is 1. The lowest BCUT2D eigenvalue weighted by atomic mass is 9.86. The number of carbonyl (C=O) groups is 3. The summed E-state index contributed by atoms with van der Waals surface area (Å²) >= 11 is 0. The Bertz CT molecular complexity index is 1320. The predicted octanol–water partition coefficient (Wildman–Crippen LogP) is 4.21. The standard InChI is InChI=1S/C27H25N3O4/c1-17(25(31)30-15-14-28-27(30)33)34-26(32)23-20-11-5-6-13-22(20)29-24-19(10-7-12-21(23)24)16-18-8-3-2-4-9-18/h2-6,8-9,11,13,16-17H,7,10,12,14-15H2,1H3,(H,28,33)/b19-16-/t17-/m1/s1. The van der Waals surface area contributed by atoms with E-state index in [9.17, 15) is 14.4 Å². The van der Waals surface area contributed by atoms with E-state index in [1.165, 1.54) is 6.92 Å². The summed E-state index contributed by atoms with van der Waals surface area (Å²) in [7, 11) is 0. The van der Waals surface area contributed by atoms with Gasteiger partial charge in [0.25, 0.3) is 5.91 Å². The molecule has 3 aromatic rings. The molecule has 172 valence electrons. The first-order valence-corrected chi connectivity index (χ1v) is 11.5. The van der Waals surface area contributed by atoms with Gasteiger partial charge in [0.2, 0.25) is 0 Å². The van der Waals surface area contributed by atoms with E-state index in [1.807, 2.05) is 54.6 Å². The van der Waals surface area contributed by atoms with Gasteiger partial charge in [0.1, 0.15) is 0 Å². The lowest BCUT2D eigenvalue weighted by Gasteiger charge is -2.24. The summed E-state index contributed by atoms with van der Waals surface area (Å²) in [6.07, 6.45) is 3.48. The molecule has 0 radical (unpaired) electrons. The molecule has 0 saturated carbocycles. The van der Waals surface area contributed by atoms with Crippen LogP contribution in [0.2, 0.25) is 0 Å². The number of benzene rings is 2. The SMILES string of the molecule is C[C@@H](OC(=O)c1c2c(nc3ccccc13)/C(=C\c1ccccc1)CCC2)C(=O)N1CCNC1=O. The van der Waals surface area contributed by atoms with Crippen LogP contribution in [-0.2, 0) is 16.0 Å². The summed E-state index contributed by atoms with van der Waals surface area (Å²) in [4.78, 5) is 44.0. The van der Waals surface area contributed by atoms with Crippen LogP contribution in [0.15, 0.2) is 54.6 Å². The van der Waals surface area contributed by atoms with Crippen molar-refractivity contribution < 1.29 is 19.1 Å². The number of nitrogens with zero attached hydrogens (tertiary/aromatic N) is 2. The summed E-state index contributed by atoms with van der Waals surface area (Å²) < 4.78 is 5.63. The molecule has 2 aromatic carbocycles. The molecule has 0 unspecified atom stereocenters. The average Bonchev–Trinajstić information content (AvgIpc) is 3.28. The van der Waals surface area contributed by atoms with Gasteiger partial charge in [0.05, 0.1) is 16.8 Å². The Kier molecular flexibility index (Phi) is 5.84. The van der Waals surface area contributed by atoms with Crippen molar-refractivity contribution in [2.45, 2.75) is 32.3 Å². The smallest absolute Gasteiger partial charge is 0.339 e. The maximum absolute atomic E-state index is 13.5. The maximum atomic E-state index is 13.5. The van der Waals surface area contributed by atoms with Crippen molar-refractivity contribution in [2.24, 2.45) is 0 Å². The van der Waals surface area contributed by atoms with E-state index >= 15 is 0 Å². The number of aromatic nitrogens is 1. The quantitative estimate of drug-likeness (QED) is 0.596. The third-order valence-corrected chi connectivity index (χ3v) is 6.27. The van der Waals surface area contributed by atoms with Crippen molar-refractivity contribution in [1.29, 1.82) is 0 Å². The van der Waals surface area contributed by atoms with E-state index in [0.29, 0.717) is 29.4 Å². The van der Waals surface area contributed by atoms with Gasteiger partial charge in [-0.25, -0.2) is 14.6 Å².